The van der Waals surface area contributed by atoms with E-state index < -0.39 is 0 Å². The van der Waals surface area contributed by atoms with Gasteiger partial charge in [-0.1, -0.05) is 6.07 Å². The Morgan fingerprint density at radius 3 is 2.88 bits per heavy atom. The molecule has 0 amide bonds. The first-order chi connectivity index (χ1) is 11.8. The van der Waals surface area contributed by atoms with Crippen molar-refractivity contribution in [2.24, 2.45) is 0 Å². The first kappa shape index (κ1) is 14.2. The van der Waals surface area contributed by atoms with E-state index in [9.17, 15) is 0 Å². The van der Waals surface area contributed by atoms with E-state index in [1.165, 1.54) is 0 Å². The topological polar surface area (TPSA) is 75.7 Å². The van der Waals surface area contributed by atoms with Crippen molar-refractivity contribution in [1.29, 1.82) is 0 Å². The summed E-state index contributed by atoms with van der Waals surface area (Å²) in [7, 11) is 1.64. The molecule has 0 saturated heterocycles. The van der Waals surface area contributed by atoms with Crippen LogP contribution in [-0.2, 0) is 0 Å². The summed E-state index contributed by atoms with van der Waals surface area (Å²) in [6, 6.07) is 13.5. The lowest BCUT2D eigenvalue weighted by molar-refractivity contribution is 0.415. The zero-order valence-electron chi connectivity index (χ0n) is 13.0. The smallest absolute Gasteiger partial charge is 0.227 e. The molecule has 3 heterocycles. The maximum atomic E-state index is 5.23. The summed E-state index contributed by atoms with van der Waals surface area (Å²) in [5.41, 5.74) is 3.56. The predicted octanol–water partition coefficient (Wildman–Crippen LogP) is 3.77. The van der Waals surface area contributed by atoms with Crippen LogP contribution in [0.4, 0.5) is 11.6 Å². The van der Waals surface area contributed by atoms with Crippen LogP contribution in [-0.4, -0.2) is 27.0 Å². The largest absolute Gasteiger partial charge is 0.497 e. The van der Waals surface area contributed by atoms with Gasteiger partial charge in [0.05, 0.1) is 12.8 Å². The Kier molecular flexibility index (Phi) is 3.55. The van der Waals surface area contributed by atoms with Crippen LogP contribution in [0.15, 0.2) is 61.1 Å². The van der Waals surface area contributed by atoms with E-state index in [-0.39, 0.29) is 0 Å². The third kappa shape index (κ3) is 2.65. The first-order valence-electron chi connectivity index (χ1n) is 7.50. The normalized spacial score (nSPS) is 10.7. The Hall–Kier alpha value is -3.41. The van der Waals surface area contributed by atoms with Gasteiger partial charge in [0.25, 0.3) is 0 Å². The number of pyridine rings is 1. The van der Waals surface area contributed by atoms with E-state index in [0.29, 0.717) is 5.95 Å². The summed E-state index contributed by atoms with van der Waals surface area (Å²) in [6.45, 7) is 0. The molecule has 1 aromatic carbocycles. The average Bonchev–Trinajstić information content (AvgIpc) is 3.11. The molecule has 0 bridgehead atoms. The molecule has 0 spiro atoms. The Bertz CT molecular complexity index is 995. The van der Waals surface area contributed by atoms with Crippen molar-refractivity contribution in [3.8, 4) is 17.0 Å². The van der Waals surface area contributed by atoms with Gasteiger partial charge in [0, 0.05) is 41.3 Å². The highest BCUT2D eigenvalue weighted by molar-refractivity contribution is 5.91. The second-order valence-corrected chi connectivity index (χ2v) is 5.22. The van der Waals surface area contributed by atoms with Crippen LogP contribution in [0.25, 0.3) is 22.3 Å². The standard InChI is InChI=1S/C18H15N5O/c1-24-13-4-2-3-12(11-13)22-18-21-10-7-16(23-18)14-5-8-19-17-15(14)6-9-20-17/h2-11H,1H3,(H,19,20)(H,21,22,23). The monoisotopic (exact) mass is 317 g/mol. The minimum atomic E-state index is 0.529. The second-order valence-electron chi connectivity index (χ2n) is 5.22. The number of anilines is 2. The number of nitrogens with zero attached hydrogens (tertiary/aromatic N) is 3. The van der Waals surface area contributed by atoms with Crippen LogP contribution < -0.4 is 10.1 Å². The van der Waals surface area contributed by atoms with Gasteiger partial charge in [0.15, 0.2) is 0 Å². The third-order valence-corrected chi connectivity index (χ3v) is 3.72. The molecule has 118 valence electrons. The van der Waals surface area contributed by atoms with Crippen molar-refractivity contribution in [3.05, 3.63) is 61.1 Å². The highest BCUT2D eigenvalue weighted by atomic mass is 16.5. The van der Waals surface area contributed by atoms with E-state index in [1.54, 1.807) is 19.5 Å². The van der Waals surface area contributed by atoms with Gasteiger partial charge in [-0.25, -0.2) is 15.0 Å². The zero-order chi connectivity index (χ0) is 16.4. The number of aromatic nitrogens is 4. The van der Waals surface area contributed by atoms with Crippen LogP contribution in [0.5, 0.6) is 5.75 Å². The molecule has 3 aromatic heterocycles. The number of aromatic amines is 1. The number of hydrogen-bond donors (Lipinski definition) is 2. The van der Waals surface area contributed by atoms with Crippen molar-refractivity contribution in [2.45, 2.75) is 0 Å². The number of fused-ring (bicyclic) bond motifs is 1. The average molecular weight is 317 g/mol. The van der Waals surface area contributed by atoms with Crippen LogP contribution in [0.2, 0.25) is 0 Å². The molecule has 0 radical (unpaired) electrons. The van der Waals surface area contributed by atoms with Crippen molar-refractivity contribution in [2.75, 3.05) is 12.4 Å². The molecule has 0 fully saturated rings. The lowest BCUT2D eigenvalue weighted by Gasteiger charge is -2.08. The predicted molar refractivity (Wildman–Crippen MR) is 93.4 cm³/mol. The molecule has 0 aliphatic rings. The van der Waals surface area contributed by atoms with Crippen molar-refractivity contribution >= 4 is 22.7 Å². The Morgan fingerprint density at radius 1 is 1.04 bits per heavy atom. The summed E-state index contributed by atoms with van der Waals surface area (Å²) in [6.07, 6.45) is 5.38. The fourth-order valence-corrected chi connectivity index (χ4v) is 2.58. The van der Waals surface area contributed by atoms with Crippen molar-refractivity contribution in [3.63, 3.8) is 0 Å². The summed E-state index contributed by atoms with van der Waals surface area (Å²) in [5.74, 6) is 1.31. The molecule has 0 aliphatic carbocycles. The fraction of sp³-hybridized carbons (Fsp3) is 0.0556. The lowest BCUT2D eigenvalue weighted by Crippen LogP contribution is -1.98. The zero-order valence-corrected chi connectivity index (χ0v) is 13.0. The van der Waals surface area contributed by atoms with E-state index in [4.69, 9.17) is 4.74 Å². The van der Waals surface area contributed by atoms with Gasteiger partial charge < -0.3 is 15.0 Å². The van der Waals surface area contributed by atoms with Gasteiger partial charge in [0.2, 0.25) is 5.95 Å². The number of ether oxygens (including phenoxy) is 1. The molecule has 24 heavy (non-hydrogen) atoms. The second kappa shape index (κ2) is 6.00. The van der Waals surface area contributed by atoms with Crippen molar-refractivity contribution in [1.82, 2.24) is 19.9 Å². The first-order valence-corrected chi connectivity index (χ1v) is 7.50. The molecule has 4 rings (SSSR count). The third-order valence-electron chi connectivity index (χ3n) is 3.72. The number of H-pyrrole nitrogens is 1. The van der Waals surface area contributed by atoms with E-state index in [1.807, 2.05) is 48.7 Å². The molecule has 0 unspecified atom stereocenters. The van der Waals surface area contributed by atoms with Crippen LogP contribution >= 0.6 is 0 Å². The number of benzene rings is 1. The van der Waals surface area contributed by atoms with Gasteiger partial charge in [-0.3, -0.25) is 0 Å². The molecular weight excluding hydrogens is 302 g/mol. The Balaban J connectivity index is 1.70. The van der Waals surface area contributed by atoms with E-state index in [2.05, 4.69) is 25.3 Å². The summed E-state index contributed by atoms with van der Waals surface area (Å²) < 4.78 is 5.23. The van der Waals surface area contributed by atoms with Gasteiger partial charge in [-0.05, 0) is 30.3 Å². The molecule has 0 aliphatic heterocycles. The highest BCUT2D eigenvalue weighted by Gasteiger charge is 2.08. The lowest BCUT2D eigenvalue weighted by atomic mass is 10.1. The molecular formula is C18H15N5O. The maximum absolute atomic E-state index is 5.23. The number of methoxy groups -OCH3 is 1. The van der Waals surface area contributed by atoms with E-state index in [0.717, 1.165) is 33.7 Å². The van der Waals surface area contributed by atoms with Crippen LogP contribution in [0.3, 0.4) is 0 Å². The molecule has 2 N–H and O–H groups in total. The molecule has 0 atom stereocenters. The fourth-order valence-electron chi connectivity index (χ4n) is 2.58. The molecule has 6 heteroatoms. The van der Waals surface area contributed by atoms with Crippen LogP contribution in [0.1, 0.15) is 0 Å². The number of rotatable bonds is 4. The SMILES string of the molecule is COc1cccc(Nc2nccc(-c3ccnc4[nH]ccc34)n2)c1. The van der Waals surface area contributed by atoms with Gasteiger partial charge in [-0.15, -0.1) is 0 Å². The summed E-state index contributed by atoms with van der Waals surface area (Å²) in [5, 5.41) is 4.24. The highest BCUT2D eigenvalue weighted by Crippen LogP contribution is 2.26. The molecule has 6 nitrogen and oxygen atoms in total. The van der Waals surface area contributed by atoms with Gasteiger partial charge >= 0.3 is 0 Å². The molecule has 0 saturated carbocycles. The minimum Gasteiger partial charge on any atom is -0.497 e. The van der Waals surface area contributed by atoms with Gasteiger partial charge in [-0.2, -0.15) is 0 Å². The summed E-state index contributed by atoms with van der Waals surface area (Å²) >= 11 is 0. The van der Waals surface area contributed by atoms with Gasteiger partial charge in [0.1, 0.15) is 11.4 Å². The van der Waals surface area contributed by atoms with Crippen LogP contribution in [0, 0.1) is 0 Å². The van der Waals surface area contributed by atoms with Crippen molar-refractivity contribution < 1.29 is 4.74 Å². The number of hydrogen-bond acceptors (Lipinski definition) is 5. The number of nitrogens with one attached hydrogen (secondary N) is 2. The Labute approximate surface area is 138 Å². The quantitative estimate of drug-likeness (QED) is 0.599. The maximum Gasteiger partial charge on any atom is 0.227 e. The minimum absolute atomic E-state index is 0.529. The molecule has 4 aromatic rings. The Morgan fingerprint density at radius 2 is 1.96 bits per heavy atom. The summed E-state index contributed by atoms with van der Waals surface area (Å²) in [4.78, 5) is 16.3. The van der Waals surface area contributed by atoms with E-state index >= 15 is 0 Å².